The molecule has 1 aromatic rings. The van der Waals surface area contributed by atoms with Crippen molar-refractivity contribution in [2.75, 3.05) is 25.6 Å². The first-order valence-electron chi connectivity index (χ1n) is 6.33. The average molecular weight is 287 g/mol. The van der Waals surface area contributed by atoms with Crippen LogP contribution in [0.5, 0.6) is 0 Å². The van der Waals surface area contributed by atoms with Crippen LogP contribution in [0.3, 0.4) is 0 Å². The lowest BCUT2D eigenvalue weighted by atomic mass is 10.1. The van der Waals surface area contributed by atoms with Gasteiger partial charge in [0.15, 0.2) is 11.6 Å². The summed E-state index contributed by atoms with van der Waals surface area (Å²) in [6.45, 7) is 0.570. The van der Waals surface area contributed by atoms with Crippen LogP contribution in [0.25, 0.3) is 0 Å². The predicted molar refractivity (Wildman–Crippen MR) is 72.1 cm³/mol. The molecule has 0 atom stereocenters. The van der Waals surface area contributed by atoms with Gasteiger partial charge in [-0.1, -0.05) is 0 Å². The minimum absolute atomic E-state index is 0.0661. The van der Waals surface area contributed by atoms with Gasteiger partial charge in [0.2, 0.25) is 0 Å². The van der Waals surface area contributed by atoms with E-state index in [1.54, 1.807) is 7.05 Å². The number of rotatable bonds is 7. The molecule has 0 saturated carbocycles. The standard InChI is InChI=1S/C13H19F2N3O2/c1-18(5-3-2-4-6-19)13(20)9-7-10(14)12(17-16)11(15)8-9/h7-8,17,19H,2-6,16H2,1H3. The second-order valence-corrected chi connectivity index (χ2v) is 4.47. The second-order valence-electron chi connectivity index (χ2n) is 4.47. The predicted octanol–water partition coefficient (Wildman–Crippen LogP) is 1.48. The van der Waals surface area contributed by atoms with E-state index in [1.165, 1.54) is 4.90 Å². The molecule has 0 aliphatic carbocycles. The van der Waals surface area contributed by atoms with Gasteiger partial charge in [0.1, 0.15) is 5.69 Å². The largest absolute Gasteiger partial charge is 0.396 e. The third-order valence-corrected chi connectivity index (χ3v) is 2.93. The quantitative estimate of drug-likeness (QED) is 0.403. The number of aliphatic hydroxyl groups is 1. The van der Waals surface area contributed by atoms with E-state index in [-0.39, 0.29) is 12.2 Å². The first-order chi connectivity index (χ1) is 9.51. The maximum Gasteiger partial charge on any atom is 0.253 e. The van der Waals surface area contributed by atoms with Crippen LogP contribution in [0, 0.1) is 11.6 Å². The molecule has 0 bridgehead atoms. The van der Waals surface area contributed by atoms with Gasteiger partial charge in [-0.15, -0.1) is 0 Å². The van der Waals surface area contributed by atoms with Crippen LogP contribution in [0.2, 0.25) is 0 Å². The molecule has 0 saturated heterocycles. The first-order valence-corrected chi connectivity index (χ1v) is 6.33. The molecular weight excluding hydrogens is 268 g/mol. The molecule has 0 radical (unpaired) electrons. The lowest BCUT2D eigenvalue weighted by Crippen LogP contribution is -2.28. The molecule has 0 aliphatic heterocycles. The number of hydrogen-bond donors (Lipinski definition) is 3. The molecule has 112 valence electrons. The number of hydrogen-bond acceptors (Lipinski definition) is 4. The minimum atomic E-state index is -0.912. The van der Waals surface area contributed by atoms with Crippen molar-refractivity contribution < 1.29 is 18.7 Å². The van der Waals surface area contributed by atoms with Crippen LogP contribution in [0.1, 0.15) is 29.6 Å². The maximum absolute atomic E-state index is 13.5. The van der Waals surface area contributed by atoms with E-state index in [4.69, 9.17) is 10.9 Å². The minimum Gasteiger partial charge on any atom is -0.396 e. The van der Waals surface area contributed by atoms with Crippen molar-refractivity contribution in [3.63, 3.8) is 0 Å². The van der Waals surface area contributed by atoms with Crippen molar-refractivity contribution in [1.82, 2.24) is 4.90 Å². The van der Waals surface area contributed by atoms with Crippen LogP contribution in [0.4, 0.5) is 14.5 Å². The van der Waals surface area contributed by atoms with Gasteiger partial charge >= 0.3 is 0 Å². The zero-order chi connectivity index (χ0) is 15.1. The average Bonchev–Trinajstić information content (AvgIpc) is 2.42. The molecule has 0 aromatic heterocycles. The molecule has 0 spiro atoms. The molecule has 1 aromatic carbocycles. The summed E-state index contributed by atoms with van der Waals surface area (Å²) in [6.07, 6.45) is 2.17. The van der Waals surface area contributed by atoms with Crippen LogP contribution in [-0.4, -0.2) is 36.1 Å². The highest BCUT2D eigenvalue weighted by Gasteiger charge is 2.17. The van der Waals surface area contributed by atoms with E-state index >= 15 is 0 Å². The molecule has 4 N–H and O–H groups in total. The lowest BCUT2D eigenvalue weighted by molar-refractivity contribution is 0.0791. The maximum atomic E-state index is 13.5. The lowest BCUT2D eigenvalue weighted by Gasteiger charge is -2.17. The van der Waals surface area contributed by atoms with Gasteiger partial charge in [0.05, 0.1) is 0 Å². The monoisotopic (exact) mass is 287 g/mol. The Morgan fingerprint density at radius 2 is 1.90 bits per heavy atom. The number of nitrogen functional groups attached to an aromatic ring is 1. The molecule has 1 rings (SSSR count). The van der Waals surface area contributed by atoms with Gasteiger partial charge in [-0.3, -0.25) is 10.6 Å². The molecule has 0 heterocycles. The molecule has 0 aliphatic rings. The highest BCUT2D eigenvalue weighted by Crippen LogP contribution is 2.20. The normalized spacial score (nSPS) is 10.4. The number of benzene rings is 1. The number of carbonyl (C=O) groups excluding carboxylic acids is 1. The Labute approximate surface area is 116 Å². The van der Waals surface area contributed by atoms with Gasteiger partial charge in [-0.05, 0) is 31.4 Å². The summed E-state index contributed by atoms with van der Waals surface area (Å²) in [5.74, 6) is 2.70. The molecular formula is C13H19F2N3O2. The van der Waals surface area contributed by atoms with Crippen molar-refractivity contribution in [3.05, 3.63) is 29.3 Å². The van der Waals surface area contributed by atoms with Gasteiger partial charge in [-0.25, -0.2) is 8.78 Å². The number of nitrogens with two attached hydrogens (primary N) is 1. The van der Waals surface area contributed by atoms with Crippen LogP contribution in [0.15, 0.2) is 12.1 Å². The number of aliphatic hydroxyl groups excluding tert-OH is 1. The molecule has 7 heteroatoms. The number of carbonyl (C=O) groups is 1. The van der Waals surface area contributed by atoms with Gasteiger partial charge in [0, 0.05) is 25.8 Å². The number of anilines is 1. The fourth-order valence-electron chi connectivity index (χ4n) is 1.79. The van der Waals surface area contributed by atoms with Crippen molar-refractivity contribution >= 4 is 11.6 Å². The Kier molecular flexibility index (Phi) is 6.33. The van der Waals surface area contributed by atoms with E-state index in [9.17, 15) is 13.6 Å². The zero-order valence-corrected chi connectivity index (χ0v) is 11.3. The van der Waals surface area contributed by atoms with Crippen LogP contribution in [-0.2, 0) is 0 Å². The number of halogens is 2. The van der Waals surface area contributed by atoms with Crippen LogP contribution < -0.4 is 11.3 Å². The number of hydrazine groups is 1. The first kappa shape index (κ1) is 16.3. The number of amides is 1. The Hall–Kier alpha value is -1.73. The Morgan fingerprint density at radius 1 is 1.30 bits per heavy atom. The van der Waals surface area contributed by atoms with Gasteiger partial charge < -0.3 is 15.4 Å². The highest BCUT2D eigenvalue weighted by atomic mass is 19.1. The van der Waals surface area contributed by atoms with Gasteiger partial charge in [-0.2, -0.15) is 0 Å². The Morgan fingerprint density at radius 3 is 2.40 bits per heavy atom. The summed E-state index contributed by atoms with van der Waals surface area (Å²) < 4.78 is 27.0. The van der Waals surface area contributed by atoms with Crippen molar-refractivity contribution in [3.8, 4) is 0 Å². The summed E-state index contributed by atoms with van der Waals surface area (Å²) in [5, 5.41) is 8.65. The highest BCUT2D eigenvalue weighted by molar-refractivity contribution is 5.94. The summed E-state index contributed by atoms with van der Waals surface area (Å²) in [5.41, 5.74) is 1.38. The SMILES string of the molecule is CN(CCCCCO)C(=O)c1cc(F)c(NN)c(F)c1. The Bertz CT molecular complexity index is 446. The van der Waals surface area contributed by atoms with Crippen molar-refractivity contribution in [1.29, 1.82) is 0 Å². The molecule has 20 heavy (non-hydrogen) atoms. The third kappa shape index (κ3) is 4.14. The fraction of sp³-hybridized carbons (Fsp3) is 0.462. The fourth-order valence-corrected chi connectivity index (χ4v) is 1.79. The number of unbranched alkanes of at least 4 members (excludes halogenated alkanes) is 2. The van der Waals surface area contributed by atoms with E-state index in [1.807, 2.05) is 5.43 Å². The Balaban J connectivity index is 2.72. The molecule has 0 fully saturated rings. The van der Waals surface area contributed by atoms with Crippen molar-refractivity contribution in [2.45, 2.75) is 19.3 Å². The zero-order valence-electron chi connectivity index (χ0n) is 11.3. The second kappa shape index (κ2) is 7.76. The van der Waals surface area contributed by atoms with Gasteiger partial charge in [0.25, 0.3) is 5.91 Å². The number of nitrogens with zero attached hydrogens (tertiary/aromatic N) is 1. The molecule has 1 amide bonds. The van der Waals surface area contributed by atoms with Crippen LogP contribution >= 0.6 is 0 Å². The summed E-state index contributed by atoms with van der Waals surface area (Å²) >= 11 is 0. The number of nitrogens with one attached hydrogen (secondary N) is 1. The topological polar surface area (TPSA) is 78.6 Å². The van der Waals surface area contributed by atoms with E-state index in [0.717, 1.165) is 25.0 Å². The molecule has 5 nitrogen and oxygen atoms in total. The smallest absolute Gasteiger partial charge is 0.253 e. The summed E-state index contributed by atoms with van der Waals surface area (Å²) in [6, 6.07) is 1.90. The third-order valence-electron chi connectivity index (χ3n) is 2.93. The van der Waals surface area contributed by atoms with Crippen molar-refractivity contribution in [2.24, 2.45) is 5.84 Å². The molecule has 0 unspecified atom stereocenters. The van der Waals surface area contributed by atoms with E-state index in [2.05, 4.69) is 0 Å². The van der Waals surface area contributed by atoms with E-state index in [0.29, 0.717) is 13.0 Å². The summed E-state index contributed by atoms with van der Waals surface area (Å²) in [7, 11) is 1.56. The summed E-state index contributed by atoms with van der Waals surface area (Å²) in [4.78, 5) is 13.4. The van der Waals surface area contributed by atoms with E-state index < -0.39 is 23.2 Å².